The van der Waals surface area contributed by atoms with E-state index in [0.29, 0.717) is 29.4 Å². The van der Waals surface area contributed by atoms with Crippen molar-refractivity contribution in [3.8, 4) is 17.2 Å². The van der Waals surface area contributed by atoms with Crippen LogP contribution in [0.1, 0.15) is 23.6 Å². The van der Waals surface area contributed by atoms with Gasteiger partial charge in [0.15, 0.2) is 0 Å². The second-order valence-electron chi connectivity index (χ2n) is 6.14. The van der Waals surface area contributed by atoms with Crippen molar-refractivity contribution >= 4 is 15.7 Å². The summed E-state index contributed by atoms with van der Waals surface area (Å²) < 4.78 is 41.8. The van der Waals surface area contributed by atoms with Gasteiger partial charge in [-0.2, -0.15) is 9.52 Å². The van der Waals surface area contributed by atoms with Crippen molar-refractivity contribution in [1.29, 1.82) is 0 Å². The highest BCUT2D eigenvalue weighted by molar-refractivity contribution is 7.88. The molecule has 1 heterocycles. The molecule has 144 valence electrons. The highest BCUT2D eigenvalue weighted by Crippen LogP contribution is 2.38. The molecule has 1 atom stereocenters. The van der Waals surface area contributed by atoms with Crippen LogP contribution >= 0.6 is 0 Å². The second-order valence-corrected chi connectivity index (χ2v) is 7.99. The third-order valence-corrected chi connectivity index (χ3v) is 5.43. The number of benzene rings is 2. The van der Waals surface area contributed by atoms with E-state index in [-0.39, 0.29) is 0 Å². The van der Waals surface area contributed by atoms with E-state index in [0.717, 1.165) is 21.8 Å². The molecule has 1 aliphatic heterocycles. The molecule has 8 heteroatoms. The van der Waals surface area contributed by atoms with E-state index in [4.69, 9.17) is 14.2 Å². The number of ether oxygens (including phenoxy) is 3. The lowest BCUT2D eigenvalue weighted by atomic mass is 9.98. The summed E-state index contributed by atoms with van der Waals surface area (Å²) in [5, 5.41) is 4.41. The van der Waals surface area contributed by atoms with Gasteiger partial charge in [0.2, 0.25) is 10.0 Å². The van der Waals surface area contributed by atoms with E-state index in [1.165, 1.54) is 0 Å². The average Bonchev–Trinajstić information content (AvgIpc) is 3.13. The molecule has 0 aliphatic carbocycles. The molecule has 3 rings (SSSR count). The van der Waals surface area contributed by atoms with Crippen LogP contribution in [0.15, 0.2) is 47.6 Å². The number of sulfonamides is 1. The molecule has 0 fully saturated rings. The summed E-state index contributed by atoms with van der Waals surface area (Å²) in [4.78, 5) is 0. The van der Waals surface area contributed by atoms with Crippen LogP contribution in [0.2, 0.25) is 0 Å². The Morgan fingerprint density at radius 2 is 1.70 bits per heavy atom. The van der Waals surface area contributed by atoms with Gasteiger partial charge in [0.25, 0.3) is 0 Å². The van der Waals surface area contributed by atoms with Crippen LogP contribution in [0.5, 0.6) is 17.2 Å². The van der Waals surface area contributed by atoms with Crippen LogP contribution < -0.4 is 14.2 Å². The first-order chi connectivity index (χ1) is 12.9. The van der Waals surface area contributed by atoms with Gasteiger partial charge >= 0.3 is 0 Å². The maximum atomic E-state index is 12.3. The SMILES string of the molecule is COc1cccc([C@@H]2CC(c3ccc(OC)cc3OC)=NN2S(C)(=O)=O)c1. The smallest absolute Gasteiger partial charge is 0.247 e. The first kappa shape index (κ1) is 19.0. The lowest BCUT2D eigenvalue weighted by Crippen LogP contribution is -2.25. The number of hydrogen-bond acceptors (Lipinski definition) is 6. The van der Waals surface area contributed by atoms with Crippen LogP contribution in [0.25, 0.3) is 0 Å². The zero-order valence-corrected chi connectivity index (χ0v) is 16.5. The maximum absolute atomic E-state index is 12.3. The summed E-state index contributed by atoms with van der Waals surface area (Å²) in [6.07, 6.45) is 1.57. The topological polar surface area (TPSA) is 77.4 Å². The Balaban J connectivity index is 2.04. The molecule has 0 aromatic heterocycles. The minimum atomic E-state index is -3.55. The average molecular weight is 390 g/mol. The van der Waals surface area contributed by atoms with Gasteiger partial charge < -0.3 is 14.2 Å². The molecule has 2 aromatic carbocycles. The number of methoxy groups -OCH3 is 3. The van der Waals surface area contributed by atoms with Crippen LogP contribution in [-0.4, -0.2) is 46.1 Å². The van der Waals surface area contributed by atoms with Crippen LogP contribution in [0, 0.1) is 0 Å². The minimum absolute atomic E-state index is 0.420. The largest absolute Gasteiger partial charge is 0.497 e. The van der Waals surface area contributed by atoms with Gasteiger partial charge in [0.1, 0.15) is 17.2 Å². The van der Waals surface area contributed by atoms with E-state index < -0.39 is 16.1 Å². The number of hydrogen-bond donors (Lipinski definition) is 0. The fraction of sp³-hybridized carbons (Fsp3) is 0.316. The molecule has 0 bridgehead atoms. The summed E-state index contributed by atoms with van der Waals surface area (Å²) in [6.45, 7) is 0. The lowest BCUT2D eigenvalue weighted by Gasteiger charge is -2.21. The summed E-state index contributed by atoms with van der Waals surface area (Å²) in [5.74, 6) is 1.89. The molecule has 27 heavy (non-hydrogen) atoms. The Morgan fingerprint density at radius 1 is 1.00 bits per heavy atom. The quantitative estimate of drug-likeness (QED) is 0.758. The van der Waals surface area contributed by atoms with E-state index in [1.807, 2.05) is 30.3 Å². The van der Waals surface area contributed by atoms with Crippen molar-refractivity contribution in [2.75, 3.05) is 27.6 Å². The summed E-state index contributed by atoms with van der Waals surface area (Å²) in [6, 6.07) is 12.3. The molecular weight excluding hydrogens is 368 g/mol. The molecule has 0 unspecified atom stereocenters. The molecule has 0 N–H and O–H groups in total. The monoisotopic (exact) mass is 390 g/mol. The molecule has 0 saturated heterocycles. The molecule has 7 nitrogen and oxygen atoms in total. The molecule has 0 saturated carbocycles. The molecular formula is C19H22N2O5S. The van der Waals surface area contributed by atoms with Gasteiger partial charge in [-0.3, -0.25) is 0 Å². The normalized spacial score (nSPS) is 16.8. The van der Waals surface area contributed by atoms with Crippen molar-refractivity contribution < 1.29 is 22.6 Å². The second kappa shape index (κ2) is 7.48. The minimum Gasteiger partial charge on any atom is -0.497 e. The molecule has 0 radical (unpaired) electrons. The summed E-state index contributed by atoms with van der Waals surface area (Å²) >= 11 is 0. The van der Waals surface area contributed by atoms with Crippen molar-refractivity contribution in [3.63, 3.8) is 0 Å². The standard InChI is InChI=1S/C19H22N2O5S/c1-24-14-7-5-6-13(10-14)18-12-17(20-21(18)27(4,22)23)16-9-8-15(25-2)11-19(16)26-3/h5-11,18H,12H2,1-4H3/t18-/m0/s1. The molecule has 2 aromatic rings. The van der Waals surface area contributed by atoms with Crippen molar-refractivity contribution in [3.05, 3.63) is 53.6 Å². The Labute approximate surface area is 159 Å². The zero-order valence-electron chi connectivity index (χ0n) is 15.7. The summed E-state index contributed by atoms with van der Waals surface area (Å²) in [7, 11) is 1.15. The third-order valence-electron chi connectivity index (χ3n) is 4.41. The highest BCUT2D eigenvalue weighted by atomic mass is 32.2. The zero-order chi connectivity index (χ0) is 19.6. The lowest BCUT2D eigenvalue weighted by molar-refractivity contribution is 0.371. The Kier molecular flexibility index (Phi) is 5.27. The molecule has 0 amide bonds. The van der Waals surface area contributed by atoms with Crippen molar-refractivity contribution in [1.82, 2.24) is 4.41 Å². The Hall–Kier alpha value is -2.74. The van der Waals surface area contributed by atoms with E-state index in [2.05, 4.69) is 5.10 Å². The van der Waals surface area contributed by atoms with Gasteiger partial charge in [-0.05, 0) is 29.8 Å². The Bertz CT molecular complexity index is 972. The first-order valence-corrected chi connectivity index (χ1v) is 10.2. The molecule has 0 spiro atoms. The van der Waals surface area contributed by atoms with E-state index in [1.54, 1.807) is 33.5 Å². The fourth-order valence-electron chi connectivity index (χ4n) is 3.09. The van der Waals surface area contributed by atoms with E-state index >= 15 is 0 Å². The van der Waals surface area contributed by atoms with E-state index in [9.17, 15) is 8.42 Å². The van der Waals surface area contributed by atoms with Crippen molar-refractivity contribution in [2.45, 2.75) is 12.5 Å². The van der Waals surface area contributed by atoms with Gasteiger partial charge in [-0.1, -0.05) is 12.1 Å². The third kappa shape index (κ3) is 3.85. The van der Waals surface area contributed by atoms with Gasteiger partial charge in [0, 0.05) is 18.1 Å². The van der Waals surface area contributed by atoms with Gasteiger partial charge in [-0.15, -0.1) is 0 Å². The number of hydrazone groups is 1. The predicted octanol–water partition coefficient (Wildman–Crippen LogP) is 2.82. The van der Waals surface area contributed by atoms with Crippen molar-refractivity contribution in [2.24, 2.45) is 5.10 Å². The summed E-state index contributed by atoms with van der Waals surface area (Å²) in [5.41, 5.74) is 2.18. The van der Waals surface area contributed by atoms with Crippen LogP contribution in [-0.2, 0) is 10.0 Å². The first-order valence-electron chi connectivity index (χ1n) is 8.30. The Morgan fingerprint density at radius 3 is 2.33 bits per heavy atom. The number of rotatable bonds is 6. The highest BCUT2D eigenvalue weighted by Gasteiger charge is 2.35. The van der Waals surface area contributed by atoms with Gasteiger partial charge in [-0.25, -0.2) is 8.42 Å². The van der Waals surface area contributed by atoms with Gasteiger partial charge in [0.05, 0.1) is 39.3 Å². The molecule has 1 aliphatic rings. The maximum Gasteiger partial charge on any atom is 0.247 e. The fourth-order valence-corrected chi connectivity index (χ4v) is 4.00. The van der Waals surface area contributed by atoms with Crippen LogP contribution in [0.3, 0.4) is 0 Å². The van der Waals surface area contributed by atoms with Crippen LogP contribution in [0.4, 0.5) is 0 Å². The predicted molar refractivity (Wildman–Crippen MR) is 103 cm³/mol. The number of nitrogens with zero attached hydrogens (tertiary/aromatic N) is 2.